The maximum Gasteiger partial charge on any atom is 0.238 e. The van der Waals surface area contributed by atoms with Crippen molar-refractivity contribution in [1.29, 1.82) is 0 Å². The zero-order chi connectivity index (χ0) is 21.5. The molecule has 1 heterocycles. The number of sulfonamides is 1. The van der Waals surface area contributed by atoms with Crippen LogP contribution in [0, 0.1) is 20.8 Å². The normalized spacial score (nSPS) is 11.7. The predicted molar refractivity (Wildman–Crippen MR) is 115 cm³/mol. The van der Waals surface area contributed by atoms with Crippen LogP contribution in [0.4, 0.5) is 0 Å². The number of hydrogen-bond donors (Lipinski definition) is 1. The second-order valence-electron chi connectivity index (χ2n) is 7.31. The first-order chi connectivity index (χ1) is 13.5. The lowest BCUT2D eigenvalue weighted by Crippen LogP contribution is -2.12. The van der Waals surface area contributed by atoms with Gasteiger partial charge in [-0.25, -0.2) is 13.6 Å². The van der Waals surface area contributed by atoms with Gasteiger partial charge in [-0.15, -0.1) is 0 Å². The summed E-state index contributed by atoms with van der Waals surface area (Å²) in [4.78, 5) is 13.3. The number of ketones is 1. The predicted octanol–water partition coefficient (Wildman–Crippen LogP) is 4.07. The van der Waals surface area contributed by atoms with Crippen LogP contribution < -0.4 is 5.14 Å². The van der Waals surface area contributed by atoms with E-state index in [4.69, 9.17) is 16.7 Å². The minimum atomic E-state index is -3.74. The summed E-state index contributed by atoms with van der Waals surface area (Å²) in [6, 6.07) is 12.1. The van der Waals surface area contributed by atoms with Crippen LogP contribution in [0.2, 0.25) is 5.02 Å². The number of aromatic nitrogens is 1. The molecule has 0 saturated heterocycles. The molecule has 0 saturated carbocycles. The van der Waals surface area contributed by atoms with Gasteiger partial charge in [-0.2, -0.15) is 0 Å². The van der Waals surface area contributed by atoms with E-state index in [0.717, 1.165) is 27.9 Å². The van der Waals surface area contributed by atoms with Gasteiger partial charge < -0.3 is 4.57 Å². The standard InChI is InChI=1S/C22H23ClN2O3S/c1-13-5-10-18(14(2)11-13)22(26)21-15(3)20(23)19(25(21)4)12-16-6-8-17(9-7-16)29(24,27)28/h5-11H,12H2,1-4H3,(H2,24,27,28). The molecule has 0 spiro atoms. The number of rotatable bonds is 5. The van der Waals surface area contributed by atoms with E-state index >= 15 is 0 Å². The molecule has 0 aliphatic heterocycles. The van der Waals surface area contributed by atoms with Gasteiger partial charge >= 0.3 is 0 Å². The lowest BCUT2D eigenvalue weighted by molar-refractivity contribution is 0.103. The SMILES string of the molecule is Cc1ccc(C(=O)c2c(C)c(Cl)c(Cc3ccc(S(N)(=O)=O)cc3)n2C)c(C)c1. The van der Waals surface area contributed by atoms with Gasteiger partial charge in [0.2, 0.25) is 15.8 Å². The Morgan fingerprint density at radius 1 is 1.07 bits per heavy atom. The summed E-state index contributed by atoms with van der Waals surface area (Å²) in [6.07, 6.45) is 0.460. The maximum atomic E-state index is 13.2. The van der Waals surface area contributed by atoms with E-state index in [1.54, 1.807) is 12.1 Å². The molecular weight excluding hydrogens is 408 g/mol. The Hall–Kier alpha value is -2.41. The van der Waals surface area contributed by atoms with Crippen molar-refractivity contribution in [2.45, 2.75) is 32.1 Å². The summed E-state index contributed by atoms with van der Waals surface area (Å²) in [5.41, 5.74) is 5.62. The monoisotopic (exact) mass is 430 g/mol. The number of nitrogens with two attached hydrogens (primary N) is 1. The molecule has 3 aromatic rings. The highest BCUT2D eigenvalue weighted by molar-refractivity contribution is 7.89. The van der Waals surface area contributed by atoms with Crippen LogP contribution in [-0.4, -0.2) is 18.8 Å². The molecule has 0 aliphatic carbocycles. The zero-order valence-corrected chi connectivity index (χ0v) is 18.4. The highest BCUT2D eigenvalue weighted by Gasteiger charge is 2.24. The number of nitrogens with zero attached hydrogens (tertiary/aromatic N) is 1. The fourth-order valence-electron chi connectivity index (χ4n) is 3.56. The number of primary sulfonamides is 1. The molecule has 5 nitrogen and oxygen atoms in total. The van der Waals surface area contributed by atoms with Crippen molar-refractivity contribution >= 4 is 27.4 Å². The molecule has 0 unspecified atom stereocenters. The Morgan fingerprint density at radius 2 is 1.69 bits per heavy atom. The molecular formula is C22H23ClN2O3S. The van der Waals surface area contributed by atoms with Gasteiger partial charge in [-0.1, -0.05) is 47.5 Å². The second kappa shape index (κ2) is 7.78. The average molecular weight is 431 g/mol. The third-order valence-electron chi connectivity index (χ3n) is 5.14. The van der Waals surface area contributed by atoms with Crippen LogP contribution in [-0.2, 0) is 23.5 Å². The van der Waals surface area contributed by atoms with E-state index in [1.165, 1.54) is 12.1 Å². The minimum Gasteiger partial charge on any atom is -0.343 e. The first-order valence-corrected chi connectivity index (χ1v) is 11.0. The lowest BCUT2D eigenvalue weighted by Gasteiger charge is -2.10. The highest BCUT2D eigenvalue weighted by Crippen LogP contribution is 2.31. The summed E-state index contributed by atoms with van der Waals surface area (Å²) in [5, 5.41) is 5.69. The molecule has 0 aliphatic rings. The number of benzene rings is 2. The Balaban J connectivity index is 1.99. The molecule has 7 heteroatoms. The van der Waals surface area contributed by atoms with E-state index in [0.29, 0.717) is 22.7 Å². The van der Waals surface area contributed by atoms with Gasteiger partial charge in [0.15, 0.2) is 0 Å². The molecule has 3 rings (SSSR count). The Bertz CT molecular complexity index is 1210. The smallest absolute Gasteiger partial charge is 0.238 e. The van der Waals surface area contributed by atoms with Crippen LogP contribution in [0.5, 0.6) is 0 Å². The molecule has 0 bridgehead atoms. The third kappa shape index (κ3) is 4.15. The molecule has 152 valence electrons. The van der Waals surface area contributed by atoms with Crippen molar-refractivity contribution in [2.75, 3.05) is 0 Å². The van der Waals surface area contributed by atoms with Crippen molar-refractivity contribution in [3.8, 4) is 0 Å². The van der Waals surface area contributed by atoms with E-state index in [2.05, 4.69) is 0 Å². The molecule has 0 amide bonds. The van der Waals surface area contributed by atoms with Crippen molar-refractivity contribution in [3.05, 3.63) is 86.7 Å². The van der Waals surface area contributed by atoms with Crippen molar-refractivity contribution in [3.63, 3.8) is 0 Å². The van der Waals surface area contributed by atoms with Gasteiger partial charge in [0.25, 0.3) is 0 Å². The van der Waals surface area contributed by atoms with Gasteiger partial charge in [0.05, 0.1) is 15.6 Å². The van der Waals surface area contributed by atoms with Crippen LogP contribution in [0.3, 0.4) is 0 Å². The Labute approximate surface area is 176 Å². The van der Waals surface area contributed by atoms with Crippen molar-refractivity contribution in [1.82, 2.24) is 4.57 Å². The van der Waals surface area contributed by atoms with Gasteiger partial charge in [-0.05, 0) is 49.6 Å². The van der Waals surface area contributed by atoms with E-state index in [9.17, 15) is 13.2 Å². The van der Waals surface area contributed by atoms with Gasteiger partial charge in [0.1, 0.15) is 0 Å². The Kier molecular flexibility index (Phi) is 5.72. The number of carbonyl (C=O) groups excluding carboxylic acids is 1. The van der Waals surface area contributed by atoms with Crippen LogP contribution in [0.1, 0.15) is 44.0 Å². The largest absolute Gasteiger partial charge is 0.343 e. The Morgan fingerprint density at radius 3 is 2.24 bits per heavy atom. The number of carbonyl (C=O) groups is 1. The topological polar surface area (TPSA) is 82.2 Å². The van der Waals surface area contributed by atoms with E-state index in [-0.39, 0.29) is 10.7 Å². The summed E-state index contributed by atoms with van der Waals surface area (Å²) in [7, 11) is -1.91. The molecule has 29 heavy (non-hydrogen) atoms. The van der Waals surface area contributed by atoms with Crippen molar-refractivity contribution in [2.24, 2.45) is 12.2 Å². The second-order valence-corrected chi connectivity index (χ2v) is 9.25. The summed E-state index contributed by atoms with van der Waals surface area (Å²) in [5.74, 6) is -0.0692. The highest BCUT2D eigenvalue weighted by atomic mass is 35.5. The maximum absolute atomic E-state index is 13.2. The van der Waals surface area contributed by atoms with Crippen LogP contribution in [0.25, 0.3) is 0 Å². The number of aryl methyl sites for hydroxylation is 2. The van der Waals surface area contributed by atoms with Gasteiger partial charge in [0, 0.05) is 24.7 Å². The first-order valence-electron chi connectivity index (χ1n) is 9.08. The molecule has 0 radical (unpaired) electrons. The number of halogens is 1. The summed E-state index contributed by atoms with van der Waals surface area (Å²) >= 11 is 6.58. The van der Waals surface area contributed by atoms with Crippen molar-refractivity contribution < 1.29 is 13.2 Å². The molecule has 2 N–H and O–H groups in total. The minimum absolute atomic E-state index is 0.0566. The average Bonchev–Trinajstić information content (AvgIpc) is 2.84. The number of hydrogen-bond acceptors (Lipinski definition) is 3. The third-order valence-corrected chi connectivity index (χ3v) is 6.57. The fraction of sp³-hybridized carbons (Fsp3) is 0.227. The zero-order valence-electron chi connectivity index (χ0n) is 16.8. The fourth-order valence-corrected chi connectivity index (χ4v) is 4.36. The molecule has 0 fully saturated rings. The quantitative estimate of drug-likeness (QED) is 0.619. The lowest BCUT2D eigenvalue weighted by atomic mass is 9.99. The molecule has 0 atom stereocenters. The van der Waals surface area contributed by atoms with Crippen LogP contribution in [0.15, 0.2) is 47.4 Å². The summed E-state index contributed by atoms with van der Waals surface area (Å²) < 4.78 is 24.7. The van der Waals surface area contributed by atoms with Crippen LogP contribution >= 0.6 is 11.6 Å². The molecule has 1 aromatic heterocycles. The first kappa shape index (κ1) is 21.3. The summed E-state index contributed by atoms with van der Waals surface area (Å²) in [6.45, 7) is 5.76. The molecule has 2 aromatic carbocycles. The van der Waals surface area contributed by atoms with Gasteiger partial charge in [-0.3, -0.25) is 4.79 Å². The van der Waals surface area contributed by atoms with E-state index < -0.39 is 10.0 Å². The van der Waals surface area contributed by atoms with E-state index in [1.807, 2.05) is 50.6 Å².